The summed E-state index contributed by atoms with van der Waals surface area (Å²) in [6.07, 6.45) is -1.10. The van der Waals surface area contributed by atoms with Crippen LogP contribution in [0.1, 0.15) is 61.6 Å². The molecule has 0 radical (unpaired) electrons. The number of imidazole rings is 1. The Morgan fingerprint density at radius 2 is 1.53 bits per heavy atom. The van der Waals surface area contributed by atoms with Gasteiger partial charge >= 0.3 is 8.56 Å². The van der Waals surface area contributed by atoms with Gasteiger partial charge in [-0.3, -0.25) is 4.57 Å². The topological polar surface area (TPSA) is 138 Å². The summed E-state index contributed by atoms with van der Waals surface area (Å²) in [5.41, 5.74) is 7.34. The standard InChI is InChI=1S/C22H39N5O5Si2/c1-11(2)33(12(3)4)22(31-34(32-33,13(5)6)14(7)8)18-16(28)17(29)21(30-18)27-10-26-15-19(23)24-9-25-20(15)27/h9-14,16-18,21-22,28-29H,1-8H3,(H2,23,24,25)/t16-,17+,18-,21+,22?/m0/s1. The van der Waals surface area contributed by atoms with Gasteiger partial charge in [-0.25, -0.2) is 15.0 Å². The molecular formula is C22H39N5O5Si2. The zero-order valence-corrected chi connectivity index (χ0v) is 23.3. The van der Waals surface area contributed by atoms with Crippen LogP contribution >= 0.6 is 0 Å². The van der Waals surface area contributed by atoms with Crippen LogP contribution in [0.5, 0.6) is 0 Å². The molecule has 2 fully saturated rings. The Balaban J connectivity index is 1.77. The molecule has 4 rings (SSSR count). The van der Waals surface area contributed by atoms with Gasteiger partial charge in [-0.05, 0) is 22.2 Å². The zero-order valence-electron chi connectivity index (χ0n) is 21.3. The number of hydrogen-bond donors (Lipinski definition) is 3. The molecule has 2 aromatic rings. The lowest BCUT2D eigenvalue weighted by Crippen LogP contribution is -2.59. The fraction of sp³-hybridized carbons (Fsp3) is 0.773. The molecule has 0 bridgehead atoms. The van der Waals surface area contributed by atoms with Crippen LogP contribution in [0.15, 0.2) is 12.7 Å². The number of aliphatic hydroxyl groups is 2. The Hall–Kier alpha value is -1.42. The van der Waals surface area contributed by atoms with E-state index < -0.39 is 47.1 Å². The third kappa shape index (κ3) is 3.57. The SMILES string of the molecule is CC(C)[Si]1(C(C)C)OC([C@H]2O[C@@H](n3cnc4c(N)ncnc43)[C@H](O)[C@@H]2O)[Si](C(C)C)(C(C)C)O1. The highest BCUT2D eigenvalue weighted by atomic mass is 28.4. The second-order valence-electron chi connectivity index (χ2n) is 10.9. The number of hydrogen-bond acceptors (Lipinski definition) is 9. The minimum atomic E-state index is -2.64. The van der Waals surface area contributed by atoms with Crippen molar-refractivity contribution in [2.45, 2.75) is 108 Å². The predicted octanol–water partition coefficient (Wildman–Crippen LogP) is 3.01. The number of aromatic nitrogens is 4. The molecule has 2 aliphatic rings. The van der Waals surface area contributed by atoms with Gasteiger partial charge < -0.3 is 29.2 Å². The highest BCUT2D eigenvalue weighted by Gasteiger charge is 2.69. The third-order valence-electron chi connectivity index (χ3n) is 7.74. The maximum atomic E-state index is 11.3. The molecule has 2 aromatic heterocycles. The number of ether oxygens (including phenoxy) is 1. The van der Waals surface area contributed by atoms with Crippen molar-refractivity contribution >= 4 is 33.9 Å². The van der Waals surface area contributed by atoms with Crippen LogP contribution in [-0.2, 0) is 13.3 Å². The molecule has 0 saturated carbocycles. The van der Waals surface area contributed by atoms with E-state index in [1.165, 1.54) is 12.7 Å². The van der Waals surface area contributed by atoms with Crippen LogP contribution in [0.25, 0.3) is 11.2 Å². The highest BCUT2D eigenvalue weighted by molar-refractivity contribution is 6.91. The van der Waals surface area contributed by atoms with Crippen molar-refractivity contribution in [3.63, 3.8) is 0 Å². The summed E-state index contributed by atoms with van der Waals surface area (Å²) < 4.78 is 22.3. The van der Waals surface area contributed by atoms with Crippen LogP contribution in [0, 0.1) is 0 Å². The fourth-order valence-electron chi connectivity index (χ4n) is 5.93. The van der Waals surface area contributed by atoms with Gasteiger partial charge in [0.2, 0.25) is 8.32 Å². The fourth-order valence-corrected chi connectivity index (χ4v) is 19.7. The van der Waals surface area contributed by atoms with Crippen LogP contribution in [0.4, 0.5) is 5.82 Å². The maximum absolute atomic E-state index is 11.3. The molecule has 10 nitrogen and oxygen atoms in total. The zero-order chi connectivity index (χ0) is 25.2. The van der Waals surface area contributed by atoms with Crippen LogP contribution in [0.2, 0.25) is 22.2 Å². The first-order chi connectivity index (χ1) is 15.9. The average molecular weight is 510 g/mol. The van der Waals surface area contributed by atoms with E-state index in [9.17, 15) is 10.2 Å². The second kappa shape index (κ2) is 8.91. The number of rotatable bonds is 6. The molecular weight excluding hydrogens is 470 g/mol. The molecule has 2 saturated heterocycles. The van der Waals surface area contributed by atoms with Crippen LogP contribution in [-0.4, -0.2) is 70.6 Å². The quantitative estimate of drug-likeness (QED) is 0.502. The Morgan fingerprint density at radius 1 is 0.912 bits per heavy atom. The Bertz CT molecular complexity index is 1020. The third-order valence-corrected chi connectivity index (χ3v) is 19.5. The first-order valence-corrected chi connectivity index (χ1v) is 16.3. The monoisotopic (exact) mass is 509 g/mol. The molecule has 1 unspecified atom stereocenters. The first kappa shape index (κ1) is 25.7. The van der Waals surface area contributed by atoms with Crippen LogP contribution in [0.3, 0.4) is 0 Å². The molecule has 34 heavy (non-hydrogen) atoms. The minimum absolute atomic E-state index is 0.234. The summed E-state index contributed by atoms with van der Waals surface area (Å²) in [4.78, 5) is 12.6. The Morgan fingerprint density at radius 3 is 2.09 bits per heavy atom. The molecule has 4 heterocycles. The van der Waals surface area contributed by atoms with E-state index >= 15 is 0 Å². The molecule has 190 valence electrons. The molecule has 0 aliphatic carbocycles. The average Bonchev–Trinajstić information content (AvgIpc) is 3.43. The molecule has 2 aliphatic heterocycles. The van der Waals surface area contributed by atoms with E-state index in [1.54, 1.807) is 4.57 Å². The van der Waals surface area contributed by atoms with Crippen molar-refractivity contribution in [1.29, 1.82) is 0 Å². The van der Waals surface area contributed by atoms with Crippen LogP contribution < -0.4 is 5.73 Å². The largest absolute Gasteiger partial charge is 0.432 e. The summed E-state index contributed by atoms with van der Waals surface area (Å²) >= 11 is 0. The number of nitrogen functional groups attached to an aromatic ring is 1. The van der Waals surface area contributed by atoms with E-state index in [0.717, 1.165) is 0 Å². The van der Waals surface area contributed by atoms with Gasteiger partial charge in [0.05, 0.1) is 12.1 Å². The number of anilines is 1. The molecule has 4 N–H and O–H groups in total. The van der Waals surface area contributed by atoms with E-state index in [4.69, 9.17) is 19.0 Å². The van der Waals surface area contributed by atoms with E-state index in [-0.39, 0.29) is 28.0 Å². The lowest BCUT2D eigenvalue weighted by molar-refractivity contribution is -0.0597. The molecule has 5 atom stereocenters. The molecule has 0 aromatic carbocycles. The van der Waals surface area contributed by atoms with Crippen molar-refractivity contribution in [1.82, 2.24) is 19.5 Å². The summed E-state index contributed by atoms with van der Waals surface area (Å²) in [5, 5.41) is 22.4. The Labute approximate surface area is 203 Å². The van der Waals surface area contributed by atoms with Crippen molar-refractivity contribution in [3.8, 4) is 0 Å². The summed E-state index contributed by atoms with van der Waals surface area (Å²) in [5.74, 6) is 0.247. The van der Waals surface area contributed by atoms with Gasteiger partial charge in [0.15, 0.2) is 17.7 Å². The smallest absolute Gasteiger partial charge is 0.333 e. The summed E-state index contributed by atoms with van der Waals surface area (Å²) in [7, 11) is -5.25. The summed E-state index contributed by atoms with van der Waals surface area (Å²) in [6.45, 7) is 17.4. The number of fused-ring (bicyclic) bond motifs is 1. The second-order valence-corrected chi connectivity index (χ2v) is 20.3. The van der Waals surface area contributed by atoms with E-state index in [1.807, 2.05) is 0 Å². The normalized spacial score (nSPS) is 31.1. The van der Waals surface area contributed by atoms with Crippen molar-refractivity contribution in [3.05, 3.63) is 12.7 Å². The van der Waals surface area contributed by atoms with Crippen molar-refractivity contribution in [2.75, 3.05) is 5.73 Å². The van der Waals surface area contributed by atoms with Gasteiger partial charge in [-0.2, -0.15) is 0 Å². The predicted molar refractivity (Wildman–Crippen MR) is 134 cm³/mol. The minimum Gasteiger partial charge on any atom is -0.432 e. The maximum Gasteiger partial charge on any atom is 0.333 e. The van der Waals surface area contributed by atoms with Gasteiger partial charge in [0.1, 0.15) is 30.2 Å². The molecule has 0 spiro atoms. The van der Waals surface area contributed by atoms with Gasteiger partial charge in [-0.1, -0.05) is 55.4 Å². The van der Waals surface area contributed by atoms with E-state index in [2.05, 4.69) is 70.3 Å². The van der Waals surface area contributed by atoms with Gasteiger partial charge in [0, 0.05) is 0 Å². The van der Waals surface area contributed by atoms with Crippen molar-refractivity contribution in [2.24, 2.45) is 0 Å². The lowest BCUT2D eigenvalue weighted by Gasteiger charge is -2.41. The lowest BCUT2D eigenvalue weighted by atomic mass is 10.1. The molecule has 0 amide bonds. The molecule has 12 heteroatoms. The number of nitrogens with zero attached hydrogens (tertiary/aromatic N) is 4. The van der Waals surface area contributed by atoms with Gasteiger partial charge in [0.25, 0.3) is 0 Å². The summed E-state index contributed by atoms with van der Waals surface area (Å²) in [6, 6.07) is 0. The number of nitrogens with two attached hydrogens (primary N) is 1. The van der Waals surface area contributed by atoms with Crippen molar-refractivity contribution < 1.29 is 23.5 Å². The van der Waals surface area contributed by atoms with E-state index in [0.29, 0.717) is 11.2 Å². The Kier molecular flexibility index (Phi) is 6.73. The van der Waals surface area contributed by atoms with Gasteiger partial charge in [-0.15, -0.1) is 0 Å². The highest BCUT2D eigenvalue weighted by Crippen LogP contribution is 2.54. The first-order valence-electron chi connectivity index (χ1n) is 12.2. The number of aliphatic hydroxyl groups excluding tert-OH is 2.